The molecule has 0 amide bonds. The van der Waals surface area contributed by atoms with Gasteiger partial charge in [-0.1, -0.05) is 18.2 Å². The highest BCUT2D eigenvalue weighted by molar-refractivity contribution is 5.98. The van der Waals surface area contributed by atoms with Gasteiger partial charge in [0.2, 0.25) is 0 Å². The number of para-hydroxylation sites is 1. The van der Waals surface area contributed by atoms with E-state index < -0.39 is 5.97 Å². The molecule has 5 heteroatoms. The maximum absolute atomic E-state index is 12.1. The highest BCUT2D eigenvalue weighted by Gasteiger charge is 2.11. The Morgan fingerprint density at radius 2 is 2.24 bits per heavy atom. The van der Waals surface area contributed by atoms with Gasteiger partial charge in [-0.3, -0.25) is 4.79 Å². The van der Waals surface area contributed by atoms with Crippen molar-refractivity contribution in [2.24, 2.45) is 0 Å². The number of nitriles is 1. The molecule has 0 atom stereocenters. The van der Waals surface area contributed by atoms with Gasteiger partial charge in [-0.15, -0.1) is 0 Å². The predicted octanol–water partition coefficient (Wildman–Crippen LogP) is 2.31. The lowest BCUT2D eigenvalue weighted by Gasteiger charge is -2.03. The Morgan fingerprint density at radius 3 is 2.90 bits per heavy atom. The van der Waals surface area contributed by atoms with Crippen molar-refractivity contribution in [1.29, 1.82) is 5.26 Å². The number of rotatable bonds is 3. The first-order valence-electron chi connectivity index (χ1n) is 6.48. The fraction of sp³-hybridized carbons (Fsp3) is 0.188. The minimum Gasteiger partial charge on any atom is -0.462 e. The smallest absolute Gasteiger partial charge is 0.348 e. The summed E-state index contributed by atoms with van der Waals surface area (Å²) in [7, 11) is 0. The topological polar surface area (TPSA) is 82.9 Å². The van der Waals surface area contributed by atoms with Crippen LogP contribution >= 0.6 is 0 Å². The first kappa shape index (κ1) is 14.5. The van der Waals surface area contributed by atoms with Crippen LogP contribution in [0.4, 0.5) is 0 Å². The molecule has 0 saturated carbocycles. The van der Waals surface area contributed by atoms with Crippen LogP contribution in [0.15, 0.2) is 34.6 Å². The SMILES string of the molecule is CCOC(=O)C(C#N)=Cc1cc2cccc(C)c2[nH]c1=O. The van der Waals surface area contributed by atoms with Crippen LogP contribution in [0.25, 0.3) is 17.0 Å². The standard InChI is InChI=1S/C16H14N2O3/c1-3-21-16(20)13(9-17)8-12-7-11-6-4-5-10(2)14(11)18-15(12)19/h4-8H,3H2,1-2H3,(H,18,19). The minimum atomic E-state index is -0.733. The van der Waals surface area contributed by atoms with E-state index in [-0.39, 0.29) is 23.3 Å². The van der Waals surface area contributed by atoms with Crippen molar-refractivity contribution in [2.45, 2.75) is 13.8 Å². The summed E-state index contributed by atoms with van der Waals surface area (Å²) < 4.78 is 4.77. The molecule has 1 N–H and O–H groups in total. The molecule has 0 bridgehead atoms. The van der Waals surface area contributed by atoms with Gasteiger partial charge in [0.1, 0.15) is 11.6 Å². The van der Waals surface area contributed by atoms with Crippen molar-refractivity contribution >= 4 is 22.9 Å². The summed E-state index contributed by atoms with van der Waals surface area (Å²) in [5.41, 5.74) is 1.39. The van der Waals surface area contributed by atoms with Crippen LogP contribution in [-0.4, -0.2) is 17.6 Å². The molecule has 0 aliphatic rings. The van der Waals surface area contributed by atoms with E-state index in [1.807, 2.05) is 25.1 Å². The molecule has 1 aromatic carbocycles. The number of aromatic amines is 1. The molecule has 1 heterocycles. The van der Waals surface area contributed by atoms with E-state index in [0.717, 1.165) is 16.5 Å². The van der Waals surface area contributed by atoms with Gasteiger partial charge in [0.05, 0.1) is 12.1 Å². The third kappa shape index (κ3) is 3.00. The normalized spacial score (nSPS) is 11.2. The lowest BCUT2D eigenvalue weighted by atomic mass is 10.1. The first-order chi connectivity index (χ1) is 10.1. The Balaban J connectivity index is 2.57. The van der Waals surface area contributed by atoms with E-state index in [1.54, 1.807) is 19.1 Å². The van der Waals surface area contributed by atoms with Crippen molar-refractivity contribution < 1.29 is 9.53 Å². The van der Waals surface area contributed by atoms with Crippen LogP contribution in [0, 0.1) is 18.3 Å². The zero-order valence-electron chi connectivity index (χ0n) is 11.8. The van der Waals surface area contributed by atoms with Crippen LogP contribution in [0.3, 0.4) is 0 Å². The van der Waals surface area contributed by atoms with Crippen molar-refractivity contribution in [3.8, 4) is 6.07 Å². The number of esters is 1. The van der Waals surface area contributed by atoms with Gasteiger partial charge >= 0.3 is 5.97 Å². The third-order valence-corrected chi connectivity index (χ3v) is 3.03. The zero-order valence-corrected chi connectivity index (χ0v) is 11.8. The number of aromatic nitrogens is 1. The molecule has 1 aromatic heterocycles. The number of carbonyl (C=O) groups is 1. The van der Waals surface area contributed by atoms with Crippen molar-refractivity contribution in [2.75, 3.05) is 6.61 Å². The van der Waals surface area contributed by atoms with E-state index in [9.17, 15) is 9.59 Å². The first-order valence-corrected chi connectivity index (χ1v) is 6.48. The van der Waals surface area contributed by atoms with E-state index in [1.165, 1.54) is 6.08 Å². The Kier molecular flexibility index (Phi) is 4.19. The van der Waals surface area contributed by atoms with Gasteiger partial charge in [-0.25, -0.2) is 4.79 Å². The van der Waals surface area contributed by atoms with Gasteiger partial charge in [0, 0.05) is 5.56 Å². The Morgan fingerprint density at radius 1 is 1.48 bits per heavy atom. The van der Waals surface area contributed by atoms with Gasteiger partial charge in [-0.05, 0) is 36.9 Å². The molecule has 0 radical (unpaired) electrons. The summed E-state index contributed by atoms with van der Waals surface area (Å²) in [4.78, 5) is 26.4. The molecule has 0 aliphatic heterocycles. The van der Waals surface area contributed by atoms with Gasteiger partial charge in [0.25, 0.3) is 5.56 Å². The quantitative estimate of drug-likeness (QED) is 0.532. The van der Waals surface area contributed by atoms with Gasteiger partial charge in [-0.2, -0.15) is 5.26 Å². The van der Waals surface area contributed by atoms with Crippen molar-refractivity contribution in [1.82, 2.24) is 4.98 Å². The lowest BCUT2D eigenvalue weighted by Crippen LogP contribution is -2.12. The lowest BCUT2D eigenvalue weighted by molar-refractivity contribution is -0.137. The van der Waals surface area contributed by atoms with Crippen LogP contribution in [0.5, 0.6) is 0 Å². The summed E-state index contributed by atoms with van der Waals surface area (Å²) in [6.45, 7) is 3.72. The molecular weight excluding hydrogens is 268 g/mol. The summed E-state index contributed by atoms with van der Waals surface area (Å²) in [5, 5.41) is 9.84. The van der Waals surface area contributed by atoms with Crippen LogP contribution in [0.1, 0.15) is 18.1 Å². The molecule has 0 unspecified atom stereocenters. The third-order valence-electron chi connectivity index (χ3n) is 3.03. The maximum Gasteiger partial charge on any atom is 0.348 e. The number of H-pyrrole nitrogens is 1. The number of nitrogens with one attached hydrogen (secondary N) is 1. The number of hydrogen-bond acceptors (Lipinski definition) is 4. The van der Waals surface area contributed by atoms with Gasteiger partial charge in [0.15, 0.2) is 0 Å². The summed E-state index contributed by atoms with van der Waals surface area (Å²) in [5.74, 6) is -0.733. The van der Waals surface area contributed by atoms with Gasteiger partial charge < -0.3 is 9.72 Å². The van der Waals surface area contributed by atoms with E-state index in [2.05, 4.69) is 4.98 Å². The molecule has 0 fully saturated rings. The molecular formula is C16H14N2O3. The summed E-state index contributed by atoms with van der Waals surface area (Å²) in [6.07, 6.45) is 1.25. The molecule has 2 aromatic rings. The molecule has 0 aliphatic carbocycles. The number of benzene rings is 1. The Labute approximate surface area is 121 Å². The molecule has 2 rings (SSSR count). The van der Waals surface area contributed by atoms with Crippen LogP contribution in [-0.2, 0) is 9.53 Å². The Bertz CT molecular complexity index is 826. The number of fused-ring (bicyclic) bond motifs is 1. The predicted molar refractivity (Wildman–Crippen MR) is 79.5 cm³/mol. The number of hydrogen-bond donors (Lipinski definition) is 1. The molecule has 0 saturated heterocycles. The van der Waals surface area contributed by atoms with E-state index in [0.29, 0.717) is 0 Å². The fourth-order valence-electron chi connectivity index (χ4n) is 2.01. The second kappa shape index (κ2) is 6.06. The van der Waals surface area contributed by atoms with Crippen molar-refractivity contribution in [3.05, 3.63) is 51.3 Å². The Hall–Kier alpha value is -2.87. The average Bonchev–Trinajstić information content (AvgIpc) is 2.46. The molecule has 0 spiro atoms. The number of ether oxygens (including phenoxy) is 1. The largest absolute Gasteiger partial charge is 0.462 e. The fourth-order valence-corrected chi connectivity index (χ4v) is 2.01. The molecule has 5 nitrogen and oxygen atoms in total. The number of pyridine rings is 1. The number of nitrogens with zero attached hydrogens (tertiary/aromatic N) is 1. The van der Waals surface area contributed by atoms with E-state index >= 15 is 0 Å². The minimum absolute atomic E-state index is 0.172. The summed E-state index contributed by atoms with van der Waals surface area (Å²) >= 11 is 0. The summed E-state index contributed by atoms with van der Waals surface area (Å²) in [6, 6.07) is 9.03. The monoisotopic (exact) mass is 282 g/mol. The number of carbonyl (C=O) groups excluding carboxylic acids is 1. The van der Waals surface area contributed by atoms with Crippen LogP contribution < -0.4 is 5.56 Å². The average molecular weight is 282 g/mol. The van der Waals surface area contributed by atoms with Crippen molar-refractivity contribution in [3.63, 3.8) is 0 Å². The highest BCUT2D eigenvalue weighted by Crippen LogP contribution is 2.16. The van der Waals surface area contributed by atoms with Crippen LogP contribution in [0.2, 0.25) is 0 Å². The highest BCUT2D eigenvalue weighted by atomic mass is 16.5. The number of aryl methyl sites for hydroxylation is 1. The molecule has 21 heavy (non-hydrogen) atoms. The van der Waals surface area contributed by atoms with E-state index in [4.69, 9.17) is 10.00 Å². The second-order valence-electron chi connectivity index (χ2n) is 4.48. The zero-order chi connectivity index (χ0) is 15.4. The maximum atomic E-state index is 12.1. The second-order valence-corrected chi connectivity index (χ2v) is 4.48. The molecule has 106 valence electrons.